The van der Waals surface area contributed by atoms with Crippen molar-refractivity contribution in [1.29, 1.82) is 0 Å². The minimum absolute atomic E-state index is 0. The lowest BCUT2D eigenvalue weighted by molar-refractivity contribution is -0.124. The minimum Gasteiger partial charge on any atom is -0.497 e. The van der Waals surface area contributed by atoms with Crippen LogP contribution in [0.4, 0.5) is 5.69 Å². The summed E-state index contributed by atoms with van der Waals surface area (Å²) in [5, 5.41) is 6.75. The van der Waals surface area contributed by atoms with E-state index in [4.69, 9.17) is 4.74 Å². The third-order valence-corrected chi connectivity index (χ3v) is 6.29. The van der Waals surface area contributed by atoms with Crippen LogP contribution in [0.15, 0.2) is 24.3 Å². The normalized spacial score (nSPS) is 25.7. The first-order chi connectivity index (χ1) is 12.2. The molecule has 1 aliphatic carbocycles. The van der Waals surface area contributed by atoms with Gasteiger partial charge in [0.2, 0.25) is 5.91 Å². The van der Waals surface area contributed by atoms with Gasteiger partial charge in [-0.3, -0.25) is 4.79 Å². The van der Waals surface area contributed by atoms with E-state index in [1.54, 1.807) is 7.11 Å². The number of halogens is 2. The van der Waals surface area contributed by atoms with Gasteiger partial charge in [0.25, 0.3) is 0 Å². The Kier molecular flexibility index (Phi) is 7.66. The summed E-state index contributed by atoms with van der Waals surface area (Å²) in [4.78, 5) is 15.1. The summed E-state index contributed by atoms with van der Waals surface area (Å²) in [7, 11) is 1.70. The molecule has 2 N–H and O–H groups in total. The third-order valence-electron chi connectivity index (χ3n) is 6.29. The lowest BCUT2D eigenvalue weighted by Gasteiger charge is -2.35. The van der Waals surface area contributed by atoms with Crippen molar-refractivity contribution in [3.05, 3.63) is 24.3 Å². The molecule has 2 aliphatic heterocycles. The average Bonchev–Trinajstić information content (AvgIpc) is 3.35. The third kappa shape index (κ3) is 4.82. The Hall–Kier alpha value is -1.17. The van der Waals surface area contributed by atoms with Crippen LogP contribution in [0, 0.1) is 11.3 Å². The largest absolute Gasteiger partial charge is 0.497 e. The number of nitrogens with one attached hydrogen (secondary N) is 2. The zero-order chi connectivity index (χ0) is 17.3. The Morgan fingerprint density at radius 2 is 2.07 bits per heavy atom. The highest BCUT2D eigenvalue weighted by Crippen LogP contribution is 2.58. The van der Waals surface area contributed by atoms with E-state index in [0.717, 1.165) is 64.0 Å². The number of methoxy groups -OCH3 is 1. The summed E-state index contributed by atoms with van der Waals surface area (Å²) in [6, 6.07) is 8.46. The van der Waals surface area contributed by atoms with E-state index in [-0.39, 0.29) is 36.8 Å². The highest BCUT2D eigenvalue weighted by molar-refractivity contribution is 5.85. The number of carbonyl (C=O) groups is 1. The van der Waals surface area contributed by atoms with Gasteiger partial charge < -0.3 is 20.3 Å². The Balaban J connectivity index is 0.00000131. The first-order valence-corrected chi connectivity index (χ1v) is 9.60. The number of hydrogen-bond acceptors (Lipinski definition) is 4. The van der Waals surface area contributed by atoms with E-state index in [9.17, 15) is 4.79 Å². The Labute approximate surface area is 174 Å². The SMILES string of the molecule is COc1cccc(N2CCCC(NC(=O)C3CC34CCNCC4)C2)c1.Cl.Cl. The highest BCUT2D eigenvalue weighted by Gasteiger charge is 2.57. The van der Waals surface area contributed by atoms with Gasteiger partial charge in [0.05, 0.1) is 7.11 Å². The average molecular weight is 416 g/mol. The van der Waals surface area contributed by atoms with Crippen LogP contribution in [0.2, 0.25) is 0 Å². The van der Waals surface area contributed by atoms with Crippen molar-refractivity contribution in [2.75, 3.05) is 38.2 Å². The fourth-order valence-corrected chi connectivity index (χ4v) is 4.63. The van der Waals surface area contributed by atoms with Gasteiger partial charge in [-0.05, 0) is 62.7 Å². The standard InChI is InChI=1S/C20H29N3O2.2ClH/c1-25-17-6-2-5-16(12-17)23-11-3-4-15(14-23)22-19(24)18-13-20(18)7-9-21-10-8-20;;/h2,5-6,12,15,18,21H,3-4,7-11,13-14H2,1H3,(H,22,24);2*1H. The smallest absolute Gasteiger partial charge is 0.223 e. The number of ether oxygens (including phenoxy) is 1. The zero-order valence-corrected chi connectivity index (χ0v) is 17.5. The molecular weight excluding hydrogens is 385 g/mol. The van der Waals surface area contributed by atoms with Crippen LogP contribution in [0.5, 0.6) is 5.75 Å². The molecule has 2 atom stereocenters. The second-order valence-electron chi connectivity index (χ2n) is 7.86. The number of amides is 1. The maximum Gasteiger partial charge on any atom is 0.223 e. The molecule has 1 saturated carbocycles. The molecule has 152 valence electrons. The molecule has 7 heteroatoms. The van der Waals surface area contributed by atoms with E-state index >= 15 is 0 Å². The molecule has 3 fully saturated rings. The van der Waals surface area contributed by atoms with Crippen LogP contribution in [-0.4, -0.2) is 45.2 Å². The molecule has 0 radical (unpaired) electrons. The number of anilines is 1. The molecule has 27 heavy (non-hydrogen) atoms. The Bertz CT molecular complexity index is 637. The van der Waals surface area contributed by atoms with Gasteiger partial charge in [0.1, 0.15) is 5.75 Å². The summed E-state index contributed by atoms with van der Waals surface area (Å²) >= 11 is 0. The summed E-state index contributed by atoms with van der Waals surface area (Å²) in [6.07, 6.45) is 5.60. The molecule has 1 aromatic carbocycles. The number of nitrogens with zero attached hydrogens (tertiary/aromatic N) is 1. The fraction of sp³-hybridized carbons (Fsp3) is 0.650. The van der Waals surface area contributed by atoms with Crippen molar-refractivity contribution in [3.63, 3.8) is 0 Å². The van der Waals surface area contributed by atoms with E-state index in [0.29, 0.717) is 11.3 Å². The van der Waals surface area contributed by atoms with Gasteiger partial charge in [-0.15, -0.1) is 24.8 Å². The number of rotatable bonds is 4. The predicted molar refractivity (Wildman–Crippen MR) is 114 cm³/mol. The summed E-state index contributed by atoms with van der Waals surface area (Å²) in [5.74, 6) is 1.43. The Morgan fingerprint density at radius 1 is 1.30 bits per heavy atom. The van der Waals surface area contributed by atoms with E-state index in [1.165, 1.54) is 5.69 Å². The molecule has 4 rings (SSSR count). The monoisotopic (exact) mass is 415 g/mol. The second-order valence-corrected chi connectivity index (χ2v) is 7.86. The van der Waals surface area contributed by atoms with Crippen molar-refractivity contribution in [1.82, 2.24) is 10.6 Å². The van der Waals surface area contributed by atoms with Crippen LogP contribution in [0.3, 0.4) is 0 Å². The van der Waals surface area contributed by atoms with Crippen LogP contribution < -0.4 is 20.3 Å². The summed E-state index contributed by atoms with van der Waals surface area (Å²) in [5.41, 5.74) is 1.50. The Morgan fingerprint density at radius 3 is 2.81 bits per heavy atom. The van der Waals surface area contributed by atoms with Gasteiger partial charge in [-0.2, -0.15) is 0 Å². The van der Waals surface area contributed by atoms with Gasteiger partial charge in [-0.1, -0.05) is 6.07 Å². The van der Waals surface area contributed by atoms with Crippen molar-refractivity contribution in [2.45, 2.75) is 38.1 Å². The molecule has 2 saturated heterocycles. The molecule has 1 aromatic rings. The van der Waals surface area contributed by atoms with Crippen LogP contribution in [0.25, 0.3) is 0 Å². The summed E-state index contributed by atoms with van der Waals surface area (Å²) < 4.78 is 5.34. The van der Waals surface area contributed by atoms with Crippen LogP contribution >= 0.6 is 24.8 Å². The van der Waals surface area contributed by atoms with Crippen molar-refractivity contribution >= 4 is 36.4 Å². The van der Waals surface area contributed by atoms with Crippen LogP contribution in [-0.2, 0) is 4.79 Å². The van der Waals surface area contributed by atoms with E-state index in [2.05, 4.69) is 27.7 Å². The molecule has 0 bridgehead atoms. The van der Waals surface area contributed by atoms with Gasteiger partial charge in [-0.25, -0.2) is 0 Å². The quantitative estimate of drug-likeness (QED) is 0.793. The molecule has 0 aromatic heterocycles. The van der Waals surface area contributed by atoms with Crippen molar-refractivity contribution in [2.24, 2.45) is 11.3 Å². The number of hydrogen-bond donors (Lipinski definition) is 2. The molecule has 1 amide bonds. The first-order valence-electron chi connectivity index (χ1n) is 9.60. The molecule has 1 spiro atoms. The number of piperidine rings is 2. The van der Waals surface area contributed by atoms with Gasteiger partial charge >= 0.3 is 0 Å². The van der Waals surface area contributed by atoms with Gasteiger partial charge in [0, 0.05) is 36.8 Å². The fourth-order valence-electron chi connectivity index (χ4n) is 4.63. The van der Waals surface area contributed by atoms with Crippen molar-refractivity contribution in [3.8, 4) is 5.75 Å². The number of benzene rings is 1. The topological polar surface area (TPSA) is 53.6 Å². The van der Waals surface area contributed by atoms with E-state index < -0.39 is 0 Å². The van der Waals surface area contributed by atoms with Crippen LogP contribution in [0.1, 0.15) is 32.1 Å². The zero-order valence-electron chi connectivity index (χ0n) is 15.9. The lowest BCUT2D eigenvalue weighted by atomic mass is 9.91. The first kappa shape index (κ1) is 22.1. The molecule has 2 unspecified atom stereocenters. The predicted octanol–water partition coefficient (Wildman–Crippen LogP) is 3.01. The number of carbonyl (C=O) groups excluding carboxylic acids is 1. The minimum atomic E-state index is 0. The van der Waals surface area contributed by atoms with E-state index in [1.807, 2.05) is 12.1 Å². The lowest BCUT2D eigenvalue weighted by Crippen LogP contribution is -2.48. The van der Waals surface area contributed by atoms with Gasteiger partial charge in [0.15, 0.2) is 0 Å². The maximum absolute atomic E-state index is 12.7. The molecular formula is C20H31Cl2N3O2. The summed E-state index contributed by atoms with van der Waals surface area (Å²) in [6.45, 7) is 4.06. The highest BCUT2D eigenvalue weighted by atomic mass is 35.5. The molecule has 3 aliphatic rings. The van der Waals surface area contributed by atoms with Crippen molar-refractivity contribution < 1.29 is 9.53 Å². The molecule has 5 nitrogen and oxygen atoms in total. The maximum atomic E-state index is 12.7. The second kappa shape index (κ2) is 9.35. The molecule has 2 heterocycles.